The highest BCUT2D eigenvalue weighted by molar-refractivity contribution is 8.76. The fourth-order valence-corrected chi connectivity index (χ4v) is 1.66. The molecule has 7 heavy (non-hydrogen) atoms. The first-order valence-electron chi connectivity index (χ1n) is 2.30. The summed E-state index contributed by atoms with van der Waals surface area (Å²) >= 11 is 0. The number of nitrogens with one attached hydrogen (secondary N) is 1. The molecule has 0 heterocycles. The van der Waals surface area contributed by atoms with Crippen LogP contribution in [0.3, 0.4) is 0 Å². The monoisotopic (exact) mass is 137 g/mol. The molecule has 0 rings (SSSR count). The highest BCUT2D eigenvalue weighted by atomic mass is 33.1. The maximum absolute atomic E-state index is 3.04. The number of hydrogen-bond acceptors (Lipinski definition) is 3. The first kappa shape index (κ1) is 7.66. The molecule has 3 heteroatoms. The Bertz CT molecular complexity index is 28.9. The van der Waals surface area contributed by atoms with Crippen molar-refractivity contribution in [3.8, 4) is 0 Å². The normalized spacial score (nSPS) is 9.43. The van der Waals surface area contributed by atoms with Gasteiger partial charge >= 0.3 is 0 Å². The quantitative estimate of drug-likeness (QED) is 0.359. The average molecular weight is 137 g/mol. The minimum absolute atomic E-state index is 1.05. The van der Waals surface area contributed by atoms with E-state index in [0.717, 1.165) is 5.88 Å². The zero-order chi connectivity index (χ0) is 5.54. The molecule has 0 aliphatic heterocycles. The van der Waals surface area contributed by atoms with Gasteiger partial charge in [0.1, 0.15) is 0 Å². The maximum atomic E-state index is 3.04. The zero-order valence-electron chi connectivity index (χ0n) is 4.73. The minimum Gasteiger partial charge on any atom is -0.310 e. The smallest absolute Gasteiger partial charge is 0.0520 e. The summed E-state index contributed by atoms with van der Waals surface area (Å²) in [5, 5.41) is 3.04. The Hall–Kier alpha value is 0.660. The Kier molecular flexibility index (Phi) is 7.29. The highest BCUT2D eigenvalue weighted by Crippen LogP contribution is 2.17. The molecule has 0 aliphatic carbocycles. The third-order valence-electron chi connectivity index (χ3n) is 0.404. The zero-order valence-corrected chi connectivity index (χ0v) is 6.36. The molecule has 44 valence electrons. The standard InChI is InChI=1S/C4H11NS2/c1-3-6-7-4-5-2/h5H,3-4H2,1-2H3. The molecule has 1 nitrogen and oxygen atoms in total. The lowest BCUT2D eigenvalue weighted by Gasteiger charge is -1.92. The van der Waals surface area contributed by atoms with Crippen molar-refractivity contribution in [3.63, 3.8) is 0 Å². The van der Waals surface area contributed by atoms with Crippen LogP contribution in [0.5, 0.6) is 0 Å². The topological polar surface area (TPSA) is 12.0 Å². The van der Waals surface area contributed by atoms with E-state index in [1.165, 1.54) is 5.75 Å². The predicted molar refractivity (Wildman–Crippen MR) is 39.6 cm³/mol. The lowest BCUT2D eigenvalue weighted by Crippen LogP contribution is -2.01. The van der Waals surface area contributed by atoms with E-state index < -0.39 is 0 Å². The van der Waals surface area contributed by atoms with Gasteiger partial charge in [0.25, 0.3) is 0 Å². The van der Waals surface area contributed by atoms with Gasteiger partial charge in [0.2, 0.25) is 0 Å². The SMILES string of the molecule is CCSSCNC. The molecule has 0 fully saturated rings. The third-order valence-corrected chi connectivity index (χ3v) is 2.77. The molecule has 0 bridgehead atoms. The van der Waals surface area contributed by atoms with Gasteiger partial charge in [0.15, 0.2) is 0 Å². The van der Waals surface area contributed by atoms with Crippen LogP contribution in [0.25, 0.3) is 0 Å². The molecular formula is C4H11NS2. The summed E-state index contributed by atoms with van der Waals surface area (Å²) in [7, 11) is 5.71. The van der Waals surface area contributed by atoms with Gasteiger partial charge in [0, 0.05) is 5.75 Å². The molecule has 0 aliphatic rings. The van der Waals surface area contributed by atoms with Gasteiger partial charge in [-0.2, -0.15) is 0 Å². The lowest BCUT2D eigenvalue weighted by molar-refractivity contribution is 0.987. The van der Waals surface area contributed by atoms with Crippen molar-refractivity contribution < 1.29 is 0 Å². The van der Waals surface area contributed by atoms with Gasteiger partial charge in [-0.1, -0.05) is 28.5 Å². The van der Waals surface area contributed by atoms with Crippen molar-refractivity contribution in [2.24, 2.45) is 0 Å². The lowest BCUT2D eigenvalue weighted by atomic mass is 11.0. The Balaban J connectivity index is 2.45. The summed E-state index contributed by atoms with van der Waals surface area (Å²) < 4.78 is 0. The Labute approximate surface area is 53.0 Å². The molecule has 0 aromatic carbocycles. The van der Waals surface area contributed by atoms with E-state index in [-0.39, 0.29) is 0 Å². The highest BCUT2D eigenvalue weighted by Gasteiger charge is 1.79. The van der Waals surface area contributed by atoms with Crippen LogP contribution in [-0.2, 0) is 0 Å². The van der Waals surface area contributed by atoms with E-state index in [2.05, 4.69) is 12.2 Å². The van der Waals surface area contributed by atoms with Gasteiger partial charge in [-0.25, -0.2) is 0 Å². The summed E-state index contributed by atoms with van der Waals surface area (Å²) in [5.41, 5.74) is 0. The van der Waals surface area contributed by atoms with E-state index in [9.17, 15) is 0 Å². The van der Waals surface area contributed by atoms with Crippen LogP contribution >= 0.6 is 21.6 Å². The van der Waals surface area contributed by atoms with Crippen LogP contribution in [0, 0.1) is 0 Å². The average Bonchev–Trinajstić information content (AvgIpc) is 1.69. The summed E-state index contributed by atoms with van der Waals surface area (Å²) in [6.45, 7) is 2.16. The van der Waals surface area contributed by atoms with Crippen LogP contribution in [0.1, 0.15) is 6.92 Å². The van der Waals surface area contributed by atoms with E-state index in [1.54, 1.807) is 0 Å². The van der Waals surface area contributed by atoms with Crippen LogP contribution in [0.2, 0.25) is 0 Å². The van der Waals surface area contributed by atoms with Crippen LogP contribution < -0.4 is 5.32 Å². The summed E-state index contributed by atoms with van der Waals surface area (Å²) in [4.78, 5) is 0. The van der Waals surface area contributed by atoms with Gasteiger partial charge < -0.3 is 5.32 Å². The first-order valence-corrected chi connectivity index (χ1v) is 4.79. The Morgan fingerprint density at radius 3 is 2.57 bits per heavy atom. The van der Waals surface area contributed by atoms with Crippen LogP contribution in [0.15, 0.2) is 0 Å². The summed E-state index contributed by atoms with van der Waals surface area (Å²) in [5.74, 6) is 2.25. The second-order valence-electron chi connectivity index (χ2n) is 1.02. The fourth-order valence-electron chi connectivity index (χ4n) is 0.184. The largest absolute Gasteiger partial charge is 0.310 e. The second-order valence-corrected chi connectivity index (χ2v) is 3.77. The number of hydrogen-bond donors (Lipinski definition) is 1. The van der Waals surface area contributed by atoms with Crippen molar-refractivity contribution in [2.45, 2.75) is 6.92 Å². The molecule has 0 unspecified atom stereocenters. The van der Waals surface area contributed by atoms with E-state index in [0.29, 0.717) is 0 Å². The molecule has 0 spiro atoms. The summed E-state index contributed by atoms with van der Waals surface area (Å²) in [6.07, 6.45) is 0. The third kappa shape index (κ3) is 6.66. The minimum atomic E-state index is 1.05. The predicted octanol–water partition coefficient (Wildman–Crippen LogP) is 1.56. The van der Waals surface area contributed by atoms with Crippen molar-refractivity contribution in [3.05, 3.63) is 0 Å². The first-order chi connectivity index (χ1) is 3.41. The van der Waals surface area contributed by atoms with Gasteiger partial charge in [-0.05, 0) is 7.05 Å². The van der Waals surface area contributed by atoms with Crippen LogP contribution in [-0.4, -0.2) is 18.7 Å². The molecular weight excluding hydrogens is 126 g/mol. The molecule has 0 saturated carbocycles. The Morgan fingerprint density at radius 1 is 1.43 bits per heavy atom. The van der Waals surface area contributed by atoms with E-state index in [4.69, 9.17) is 0 Å². The summed E-state index contributed by atoms with van der Waals surface area (Å²) in [6, 6.07) is 0. The van der Waals surface area contributed by atoms with Crippen molar-refractivity contribution in [1.82, 2.24) is 5.32 Å². The van der Waals surface area contributed by atoms with Crippen molar-refractivity contribution in [1.29, 1.82) is 0 Å². The Morgan fingerprint density at radius 2 is 2.14 bits per heavy atom. The van der Waals surface area contributed by atoms with Gasteiger partial charge in [0.05, 0.1) is 5.88 Å². The number of rotatable bonds is 4. The second kappa shape index (κ2) is 6.66. The van der Waals surface area contributed by atoms with Crippen molar-refractivity contribution in [2.75, 3.05) is 18.7 Å². The molecule has 0 radical (unpaired) electrons. The molecule has 0 aromatic rings. The molecule has 0 aromatic heterocycles. The van der Waals surface area contributed by atoms with Gasteiger partial charge in [-0.15, -0.1) is 0 Å². The van der Waals surface area contributed by atoms with E-state index >= 15 is 0 Å². The van der Waals surface area contributed by atoms with Crippen LogP contribution in [0.4, 0.5) is 0 Å². The van der Waals surface area contributed by atoms with Crippen molar-refractivity contribution >= 4 is 21.6 Å². The molecule has 0 amide bonds. The molecule has 0 saturated heterocycles. The van der Waals surface area contributed by atoms with E-state index in [1.807, 2.05) is 28.6 Å². The fraction of sp³-hybridized carbons (Fsp3) is 1.00. The molecule has 0 atom stereocenters. The maximum Gasteiger partial charge on any atom is 0.0520 e. The molecule has 1 N–H and O–H groups in total. The van der Waals surface area contributed by atoms with Gasteiger partial charge in [-0.3, -0.25) is 0 Å².